The molecule has 1 aromatic carbocycles. The summed E-state index contributed by atoms with van der Waals surface area (Å²) in [5.41, 5.74) is 0.693. The van der Waals surface area contributed by atoms with Crippen molar-refractivity contribution < 1.29 is 14.3 Å². The summed E-state index contributed by atoms with van der Waals surface area (Å²) in [7, 11) is 5.76. The number of nitrogens with one attached hydrogen (secondary N) is 1. The minimum absolute atomic E-state index is 0.242. The first-order valence-electron chi connectivity index (χ1n) is 6.35. The van der Waals surface area contributed by atoms with Crippen LogP contribution in [0.3, 0.4) is 0 Å². The average Bonchev–Trinajstić information content (AvgIpc) is 2.34. The van der Waals surface area contributed by atoms with Crippen molar-refractivity contribution >= 4 is 12.1 Å². The molecular formula is C14H20N2O3. The molecule has 1 N–H and O–H groups in total. The molecule has 0 bridgehead atoms. The second-order valence-electron chi connectivity index (χ2n) is 4.96. The van der Waals surface area contributed by atoms with Crippen LogP contribution in [0.5, 0.6) is 11.5 Å². The summed E-state index contributed by atoms with van der Waals surface area (Å²) in [5, 5.41) is 2.59. The molecule has 1 aromatic rings. The Kier molecular flexibility index (Phi) is 4.27. The monoisotopic (exact) mass is 264 g/mol. The second kappa shape index (κ2) is 5.93. The van der Waals surface area contributed by atoms with E-state index in [1.807, 2.05) is 6.07 Å². The molecule has 5 nitrogen and oxygen atoms in total. The number of hydrogen-bond donors (Lipinski definition) is 1. The molecular weight excluding hydrogens is 244 g/mol. The van der Waals surface area contributed by atoms with E-state index in [-0.39, 0.29) is 6.10 Å². The van der Waals surface area contributed by atoms with Gasteiger partial charge in [0.15, 0.2) is 11.5 Å². The van der Waals surface area contributed by atoms with E-state index in [2.05, 4.69) is 24.3 Å². The molecule has 5 heteroatoms. The van der Waals surface area contributed by atoms with Crippen LogP contribution in [-0.2, 0) is 4.79 Å². The average molecular weight is 264 g/mol. The summed E-state index contributed by atoms with van der Waals surface area (Å²) in [4.78, 5) is 12.6. The van der Waals surface area contributed by atoms with Gasteiger partial charge in [-0.05, 0) is 39.1 Å². The number of anilines is 1. The van der Waals surface area contributed by atoms with E-state index in [0.717, 1.165) is 18.6 Å². The zero-order chi connectivity index (χ0) is 13.8. The van der Waals surface area contributed by atoms with Crippen LogP contribution in [0.4, 0.5) is 5.69 Å². The molecule has 1 aliphatic carbocycles. The number of amides is 1. The molecule has 0 aromatic heterocycles. The van der Waals surface area contributed by atoms with Gasteiger partial charge in [-0.15, -0.1) is 0 Å². The lowest BCUT2D eigenvalue weighted by atomic mass is 9.88. The Hall–Kier alpha value is -1.75. The molecule has 0 atom stereocenters. The number of ether oxygens (including phenoxy) is 2. The Morgan fingerprint density at radius 1 is 1.32 bits per heavy atom. The van der Waals surface area contributed by atoms with Crippen LogP contribution in [0.2, 0.25) is 0 Å². The third-order valence-electron chi connectivity index (χ3n) is 3.48. The number of rotatable bonds is 6. The first-order chi connectivity index (χ1) is 9.13. The molecule has 0 heterocycles. The number of carbonyl (C=O) groups excluding carboxylic acids is 1. The Balaban J connectivity index is 1.99. The molecule has 1 amide bonds. The van der Waals surface area contributed by atoms with Crippen molar-refractivity contribution in [2.24, 2.45) is 0 Å². The summed E-state index contributed by atoms with van der Waals surface area (Å²) in [6.07, 6.45) is 2.95. The van der Waals surface area contributed by atoms with Crippen LogP contribution in [-0.4, -0.2) is 44.7 Å². The molecule has 1 saturated carbocycles. The van der Waals surface area contributed by atoms with Crippen molar-refractivity contribution in [3.63, 3.8) is 0 Å². The van der Waals surface area contributed by atoms with Gasteiger partial charge in [0.05, 0.1) is 7.11 Å². The summed E-state index contributed by atoms with van der Waals surface area (Å²) >= 11 is 0. The van der Waals surface area contributed by atoms with Crippen LogP contribution >= 0.6 is 0 Å². The highest BCUT2D eigenvalue weighted by Gasteiger charge is 2.32. The summed E-state index contributed by atoms with van der Waals surface area (Å²) in [5.74, 6) is 1.36. The van der Waals surface area contributed by atoms with Crippen molar-refractivity contribution in [1.29, 1.82) is 0 Å². The minimum atomic E-state index is 0.242. The van der Waals surface area contributed by atoms with Crippen LogP contribution in [0.25, 0.3) is 0 Å². The quantitative estimate of drug-likeness (QED) is 0.795. The van der Waals surface area contributed by atoms with Crippen molar-refractivity contribution in [2.45, 2.75) is 25.0 Å². The molecule has 0 unspecified atom stereocenters. The maximum Gasteiger partial charge on any atom is 0.211 e. The number of nitrogens with zero attached hydrogens (tertiary/aromatic N) is 1. The standard InChI is InChI=1S/C14H20N2O3/c1-16(2)11-7-12(8-11)19-13-5-4-10(15-9-17)6-14(13)18-3/h4-6,9,11-12H,7-8H2,1-3H3,(H,15,17). The smallest absolute Gasteiger partial charge is 0.211 e. The van der Waals surface area contributed by atoms with Gasteiger partial charge in [0.1, 0.15) is 6.10 Å². The molecule has 19 heavy (non-hydrogen) atoms. The number of benzene rings is 1. The lowest BCUT2D eigenvalue weighted by molar-refractivity contribution is -0.105. The Morgan fingerprint density at radius 3 is 2.63 bits per heavy atom. The molecule has 0 saturated heterocycles. The minimum Gasteiger partial charge on any atom is -0.493 e. The first kappa shape index (κ1) is 13.7. The molecule has 1 fully saturated rings. The van der Waals surface area contributed by atoms with Crippen molar-refractivity contribution in [1.82, 2.24) is 4.90 Å². The zero-order valence-electron chi connectivity index (χ0n) is 11.6. The summed E-state index contributed by atoms with van der Waals surface area (Å²) in [6, 6.07) is 5.99. The SMILES string of the molecule is COc1cc(NC=O)ccc1OC1CC(N(C)C)C1. The topological polar surface area (TPSA) is 50.8 Å². The summed E-state index contributed by atoms with van der Waals surface area (Å²) < 4.78 is 11.2. The highest BCUT2D eigenvalue weighted by atomic mass is 16.5. The van der Waals surface area contributed by atoms with Gasteiger partial charge in [-0.3, -0.25) is 4.79 Å². The number of hydrogen-bond acceptors (Lipinski definition) is 4. The highest BCUT2D eigenvalue weighted by molar-refractivity contribution is 5.72. The third-order valence-corrected chi connectivity index (χ3v) is 3.48. The highest BCUT2D eigenvalue weighted by Crippen LogP contribution is 2.35. The fourth-order valence-electron chi connectivity index (χ4n) is 2.16. The van der Waals surface area contributed by atoms with Gasteiger partial charge in [-0.1, -0.05) is 0 Å². The maximum absolute atomic E-state index is 10.4. The van der Waals surface area contributed by atoms with Crippen LogP contribution in [0, 0.1) is 0 Å². The van der Waals surface area contributed by atoms with Gasteiger partial charge in [0.25, 0.3) is 0 Å². The van der Waals surface area contributed by atoms with Crippen LogP contribution in [0.1, 0.15) is 12.8 Å². The van der Waals surface area contributed by atoms with E-state index in [9.17, 15) is 4.79 Å². The van der Waals surface area contributed by atoms with E-state index >= 15 is 0 Å². The largest absolute Gasteiger partial charge is 0.493 e. The summed E-state index contributed by atoms with van der Waals surface area (Å²) in [6.45, 7) is 0. The van der Waals surface area contributed by atoms with Crippen molar-refractivity contribution in [3.8, 4) is 11.5 Å². The lowest BCUT2D eigenvalue weighted by Crippen LogP contribution is -2.46. The van der Waals surface area contributed by atoms with Crippen molar-refractivity contribution in [3.05, 3.63) is 18.2 Å². The van der Waals surface area contributed by atoms with E-state index in [1.54, 1.807) is 19.2 Å². The third kappa shape index (κ3) is 3.17. The fourth-order valence-corrected chi connectivity index (χ4v) is 2.16. The molecule has 1 aliphatic rings. The Labute approximate surface area is 113 Å². The number of carbonyl (C=O) groups is 1. The van der Waals surface area contributed by atoms with Crippen LogP contribution in [0.15, 0.2) is 18.2 Å². The van der Waals surface area contributed by atoms with Gasteiger partial charge < -0.3 is 19.7 Å². The number of methoxy groups -OCH3 is 1. The van der Waals surface area contributed by atoms with Crippen LogP contribution < -0.4 is 14.8 Å². The van der Waals surface area contributed by atoms with Gasteiger partial charge >= 0.3 is 0 Å². The van der Waals surface area contributed by atoms with Gasteiger partial charge in [-0.25, -0.2) is 0 Å². The molecule has 2 rings (SSSR count). The van der Waals surface area contributed by atoms with E-state index in [1.165, 1.54) is 0 Å². The van der Waals surface area contributed by atoms with Crippen molar-refractivity contribution in [2.75, 3.05) is 26.5 Å². The van der Waals surface area contributed by atoms with E-state index in [4.69, 9.17) is 9.47 Å². The second-order valence-corrected chi connectivity index (χ2v) is 4.96. The molecule has 104 valence electrons. The fraction of sp³-hybridized carbons (Fsp3) is 0.500. The normalized spacial score (nSPS) is 21.7. The lowest BCUT2D eigenvalue weighted by Gasteiger charge is -2.39. The predicted octanol–water partition coefficient (Wildman–Crippen LogP) is 1.73. The molecule has 0 aliphatic heterocycles. The molecule has 0 radical (unpaired) electrons. The maximum atomic E-state index is 10.4. The van der Waals surface area contributed by atoms with Gasteiger partial charge in [-0.2, -0.15) is 0 Å². The molecule has 0 spiro atoms. The van der Waals surface area contributed by atoms with Gasteiger partial charge in [0.2, 0.25) is 6.41 Å². The predicted molar refractivity (Wildman–Crippen MR) is 73.8 cm³/mol. The van der Waals surface area contributed by atoms with E-state index in [0.29, 0.717) is 23.9 Å². The van der Waals surface area contributed by atoms with E-state index < -0.39 is 0 Å². The van der Waals surface area contributed by atoms with Gasteiger partial charge in [0, 0.05) is 17.8 Å². The zero-order valence-corrected chi connectivity index (χ0v) is 11.6. The Bertz CT molecular complexity index is 442. The first-order valence-corrected chi connectivity index (χ1v) is 6.35. The Morgan fingerprint density at radius 2 is 2.05 bits per heavy atom.